The molecule has 1 heterocycles. The van der Waals surface area contributed by atoms with Gasteiger partial charge in [0.1, 0.15) is 12.4 Å². The summed E-state index contributed by atoms with van der Waals surface area (Å²) >= 11 is 1.93. The van der Waals surface area contributed by atoms with Crippen LogP contribution in [0.4, 0.5) is 0 Å². The van der Waals surface area contributed by atoms with Crippen molar-refractivity contribution in [1.82, 2.24) is 0 Å². The fraction of sp³-hybridized carbons (Fsp3) is 0.333. The summed E-state index contributed by atoms with van der Waals surface area (Å²) in [6.45, 7) is 2.77. The van der Waals surface area contributed by atoms with E-state index in [1.807, 2.05) is 36.9 Å². The average molecular weight is 299 g/mol. The molecule has 0 aromatic heterocycles. The predicted molar refractivity (Wildman–Crippen MR) is 89.1 cm³/mol. The van der Waals surface area contributed by atoms with Gasteiger partial charge in [0.15, 0.2) is 0 Å². The van der Waals surface area contributed by atoms with Gasteiger partial charge in [-0.25, -0.2) is 0 Å². The van der Waals surface area contributed by atoms with Gasteiger partial charge in [-0.15, -0.1) is 11.8 Å². The largest absolute Gasteiger partial charge is 0.492 e. The van der Waals surface area contributed by atoms with Crippen LogP contribution in [0.25, 0.3) is 0 Å². The summed E-state index contributed by atoms with van der Waals surface area (Å²) < 4.78 is 6.08. The van der Waals surface area contributed by atoms with Crippen molar-refractivity contribution >= 4 is 11.8 Å². The van der Waals surface area contributed by atoms with Gasteiger partial charge < -0.3 is 10.5 Å². The minimum Gasteiger partial charge on any atom is -0.492 e. The Morgan fingerprint density at radius 3 is 2.76 bits per heavy atom. The molecule has 1 aliphatic heterocycles. The number of hydrogen-bond donors (Lipinski definition) is 1. The summed E-state index contributed by atoms with van der Waals surface area (Å²) in [7, 11) is 0. The SMILES string of the molecule is CC(N)Cc1ccccc1OCC1Cc2ccccc2S1. The molecule has 2 N–H and O–H groups in total. The van der Waals surface area contributed by atoms with E-state index in [1.165, 1.54) is 16.0 Å². The molecule has 2 aromatic carbocycles. The lowest BCUT2D eigenvalue weighted by molar-refractivity contribution is 0.314. The average Bonchev–Trinajstić information content (AvgIpc) is 2.88. The van der Waals surface area contributed by atoms with E-state index >= 15 is 0 Å². The van der Waals surface area contributed by atoms with Crippen LogP contribution in [0.1, 0.15) is 18.1 Å². The Morgan fingerprint density at radius 2 is 1.95 bits per heavy atom. The van der Waals surface area contributed by atoms with Crippen molar-refractivity contribution in [2.45, 2.75) is 36.0 Å². The Balaban J connectivity index is 1.62. The van der Waals surface area contributed by atoms with Gasteiger partial charge in [0.05, 0.1) is 0 Å². The Labute approximate surface area is 130 Å². The van der Waals surface area contributed by atoms with Crippen LogP contribution in [-0.4, -0.2) is 17.9 Å². The maximum atomic E-state index is 6.08. The van der Waals surface area contributed by atoms with Crippen LogP contribution in [0.5, 0.6) is 5.75 Å². The highest BCUT2D eigenvalue weighted by Crippen LogP contribution is 2.37. The third-order valence-electron chi connectivity index (χ3n) is 3.65. The van der Waals surface area contributed by atoms with Crippen LogP contribution in [0.15, 0.2) is 53.4 Å². The van der Waals surface area contributed by atoms with Crippen molar-refractivity contribution in [3.63, 3.8) is 0 Å². The molecule has 3 rings (SSSR count). The highest BCUT2D eigenvalue weighted by molar-refractivity contribution is 8.00. The molecule has 3 heteroatoms. The molecule has 2 nitrogen and oxygen atoms in total. The van der Waals surface area contributed by atoms with Crippen LogP contribution < -0.4 is 10.5 Å². The van der Waals surface area contributed by atoms with E-state index in [4.69, 9.17) is 10.5 Å². The number of thioether (sulfide) groups is 1. The van der Waals surface area contributed by atoms with Gasteiger partial charge in [-0.05, 0) is 43.0 Å². The van der Waals surface area contributed by atoms with Gasteiger partial charge in [0, 0.05) is 16.2 Å². The van der Waals surface area contributed by atoms with Crippen LogP contribution in [0, 0.1) is 0 Å². The molecule has 2 aromatic rings. The summed E-state index contributed by atoms with van der Waals surface area (Å²) in [6, 6.07) is 17.0. The standard InChI is InChI=1S/C18H21NOS/c1-13(19)10-14-6-2-4-8-17(14)20-12-16-11-15-7-3-5-9-18(15)21-16/h2-9,13,16H,10-12,19H2,1H3. The predicted octanol–water partition coefficient (Wildman–Crippen LogP) is 3.67. The molecule has 2 atom stereocenters. The quantitative estimate of drug-likeness (QED) is 0.915. The van der Waals surface area contributed by atoms with E-state index in [9.17, 15) is 0 Å². The monoisotopic (exact) mass is 299 g/mol. The van der Waals surface area contributed by atoms with Crippen molar-refractivity contribution in [1.29, 1.82) is 0 Å². The molecule has 0 amide bonds. The molecule has 0 bridgehead atoms. The van der Waals surface area contributed by atoms with Crippen molar-refractivity contribution in [2.24, 2.45) is 5.73 Å². The molecule has 0 fully saturated rings. The van der Waals surface area contributed by atoms with E-state index in [2.05, 4.69) is 30.3 Å². The highest BCUT2D eigenvalue weighted by atomic mass is 32.2. The normalized spacial score (nSPS) is 18.3. The van der Waals surface area contributed by atoms with Crippen molar-refractivity contribution in [2.75, 3.05) is 6.61 Å². The van der Waals surface area contributed by atoms with E-state index in [1.54, 1.807) is 0 Å². The number of hydrogen-bond acceptors (Lipinski definition) is 3. The van der Waals surface area contributed by atoms with Crippen LogP contribution >= 0.6 is 11.8 Å². The Bertz CT molecular complexity index is 587. The van der Waals surface area contributed by atoms with Gasteiger partial charge in [-0.1, -0.05) is 36.4 Å². The van der Waals surface area contributed by atoms with E-state index in [0.29, 0.717) is 5.25 Å². The van der Waals surface area contributed by atoms with E-state index < -0.39 is 0 Å². The molecular formula is C18H21NOS. The molecule has 0 radical (unpaired) electrons. The maximum absolute atomic E-state index is 6.08. The Kier molecular flexibility index (Phi) is 4.51. The number of para-hydroxylation sites is 1. The topological polar surface area (TPSA) is 35.2 Å². The lowest BCUT2D eigenvalue weighted by atomic mass is 10.1. The summed E-state index contributed by atoms with van der Waals surface area (Å²) in [5, 5.41) is 0.505. The lowest BCUT2D eigenvalue weighted by Crippen LogP contribution is -2.19. The molecule has 0 spiro atoms. The van der Waals surface area contributed by atoms with Crippen molar-refractivity contribution in [3.8, 4) is 5.75 Å². The second-order valence-electron chi connectivity index (χ2n) is 5.65. The van der Waals surface area contributed by atoms with Gasteiger partial charge in [0.25, 0.3) is 0 Å². The van der Waals surface area contributed by atoms with Gasteiger partial charge in [-0.2, -0.15) is 0 Å². The third kappa shape index (κ3) is 3.60. The van der Waals surface area contributed by atoms with Crippen LogP contribution in [0.2, 0.25) is 0 Å². The number of ether oxygens (including phenoxy) is 1. The van der Waals surface area contributed by atoms with Gasteiger partial charge in [-0.3, -0.25) is 0 Å². The minimum atomic E-state index is 0.153. The second-order valence-corrected chi connectivity index (χ2v) is 6.99. The first-order chi connectivity index (χ1) is 10.2. The third-order valence-corrected chi connectivity index (χ3v) is 4.94. The highest BCUT2D eigenvalue weighted by Gasteiger charge is 2.22. The molecule has 110 valence electrons. The van der Waals surface area contributed by atoms with Crippen molar-refractivity contribution in [3.05, 3.63) is 59.7 Å². The Hall–Kier alpha value is -1.45. The number of rotatable bonds is 5. The first-order valence-corrected chi connectivity index (χ1v) is 8.31. The fourth-order valence-corrected chi connectivity index (χ4v) is 3.91. The summed E-state index contributed by atoms with van der Waals surface area (Å²) in [5.41, 5.74) is 8.56. The zero-order chi connectivity index (χ0) is 14.7. The molecule has 0 aliphatic carbocycles. The summed E-state index contributed by atoms with van der Waals surface area (Å²) in [6.07, 6.45) is 1.95. The molecule has 21 heavy (non-hydrogen) atoms. The number of benzene rings is 2. The fourth-order valence-electron chi connectivity index (χ4n) is 2.69. The molecular weight excluding hydrogens is 278 g/mol. The number of fused-ring (bicyclic) bond motifs is 1. The summed E-state index contributed by atoms with van der Waals surface area (Å²) in [5.74, 6) is 0.978. The molecule has 2 unspecified atom stereocenters. The first-order valence-electron chi connectivity index (χ1n) is 7.43. The molecule has 1 aliphatic rings. The molecule has 0 saturated heterocycles. The summed E-state index contributed by atoms with van der Waals surface area (Å²) in [4.78, 5) is 1.40. The zero-order valence-electron chi connectivity index (χ0n) is 12.3. The van der Waals surface area contributed by atoms with E-state index in [-0.39, 0.29) is 6.04 Å². The molecule has 0 saturated carbocycles. The van der Waals surface area contributed by atoms with Gasteiger partial charge >= 0.3 is 0 Å². The first kappa shape index (κ1) is 14.5. The van der Waals surface area contributed by atoms with E-state index in [0.717, 1.165) is 25.2 Å². The van der Waals surface area contributed by atoms with Crippen LogP contribution in [0.3, 0.4) is 0 Å². The van der Waals surface area contributed by atoms with Crippen molar-refractivity contribution < 1.29 is 4.74 Å². The maximum Gasteiger partial charge on any atom is 0.122 e. The van der Waals surface area contributed by atoms with Gasteiger partial charge in [0.2, 0.25) is 0 Å². The number of nitrogens with two attached hydrogens (primary N) is 1. The second kappa shape index (κ2) is 6.54. The lowest BCUT2D eigenvalue weighted by Gasteiger charge is -2.15. The smallest absolute Gasteiger partial charge is 0.122 e. The Morgan fingerprint density at radius 1 is 1.19 bits per heavy atom. The minimum absolute atomic E-state index is 0.153. The zero-order valence-corrected chi connectivity index (χ0v) is 13.1. The van der Waals surface area contributed by atoms with Crippen LogP contribution in [-0.2, 0) is 12.8 Å².